The molecule has 1 aliphatic carbocycles. The number of Topliss-reactive ketones (excluding diaryl/α,β-unsaturated/α-hetero) is 1. The quantitative estimate of drug-likeness (QED) is 0.433. The van der Waals surface area contributed by atoms with Crippen molar-refractivity contribution in [2.45, 2.75) is 45.4 Å². The maximum absolute atomic E-state index is 12.7. The first kappa shape index (κ1) is 21.8. The molecule has 1 aromatic heterocycles. The third-order valence-electron chi connectivity index (χ3n) is 6.16. The molecule has 32 heavy (non-hydrogen) atoms. The van der Waals surface area contributed by atoms with Gasteiger partial charge in [-0.3, -0.25) is 4.79 Å². The standard InChI is InChI=1S/C28H28O4/c1-5-31-27(30)20-10-8-19(9-11-20)26(18(2)29)21-12-13-24-23(17-21)22(14-15-28(24,3)4)25-7-6-16-32-25/h6-14,16-17,26H,5,15H2,1-4H3. The van der Waals surface area contributed by atoms with Crippen LogP contribution in [0.5, 0.6) is 0 Å². The molecule has 0 bridgehead atoms. The van der Waals surface area contributed by atoms with Crippen LogP contribution in [0.4, 0.5) is 0 Å². The normalized spacial score (nSPS) is 15.4. The predicted octanol–water partition coefficient (Wildman–Crippen LogP) is 6.29. The van der Waals surface area contributed by atoms with Crippen molar-refractivity contribution in [3.8, 4) is 0 Å². The maximum atomic E-state index is 12.7. The van der Waals surface area contributed by atoms with E-state index >= 15 is 0 Å². The number of hydrogen-bond donors (Lipinski definition) is 0. The van der Waals surface area contributed by atoms with E-state index in [1.54, 1.807) is 32.2 Å². The summed E-state index contributed by atoms with van der Waals surface area (Å²) in [5.74, 6) is 0.103. The second kappa shape index (κ2) is 8.62. The number of carbonyl (C=O) groups is 2. The summed E-state index contributed by atoms with van der Waals surface area (Å²) in [4.78, 5) is 24.7. The number of ketones is 1. The number of hydrogen-bond acceptors (Lipinski definition) is 4. The average molecular weight is 429 g/mol. The second-order valence-electron chi connectivity index (χ2n) is 8.87. The second-order valence-corrected chi connectivity index (χ2v) is 8.87. The van der Waals surface area contributed by atoms with Gasteiger partial charge < -0.3 is 9.15 Å². The molecule has 0 radical (unpaired) electrons. The zero-order chi connectivity index (χ0) is 22.9. The van der Waals surface area contributed by atoms with Crippen LogP contribution in [0.25, 0.3) is 5.57 Å². The van der Waals surface area contributed by atoms with Crippen LogP contribution in [-0.2, 0) is 14.9 Å². The third kappa shape index (κ3) is 4.05. The Labute approximate surface area is 188 Å². The minimum Gasteiger partial charge on any atom is -0.464 e. The lowest BCUT2D eigenvalue weighted by Crippen LogP contribution is -2.22. The highest BCUT2D eigenvalue weighted by Crippen LogP contribution is 2.43. The molecule has 0 saturated heterocycles. The van der Waals surface area contributed by atoms with E-state index in [1.807, 2.05) is 24.3 Å². The van der Waals surface area contributed by atoms with Gasteiger partial charge in [0, 0.05) is 5.57 Å². The van der Waals surface area contributed by atoms with Gasteiger partial charge in [-0.25, -0.2) is 4.79 Å². The maximum Gasteiger partial charge on any atom is 0.338 e. The number of fused-ring (bicyclic) bond motifs is 1. The van der Waals surface area contributed by atoms with Crippen LogP contribution < -0.4 is 0 Å². The Kier molecular flexibility index (Phi) is 5.88. The number of esters is 1. The van der Waals surface area contributed by atoms with Crippen molar-refractivity contribution in [3.63, 3.8) is 0 Å². The lowest BCUT2D eigenvalue weighted by molar-refractivity contribution is -0.117. The highest BCUT2D eigenvalue weighted by atomic mass is 16.5. The molecular formula is C28H28O4. The summed E-state index contributed by atoms with van der Waals surface area (Å²) in [5, 5.41) is 0. The lowest BCUT2D eigenvalue weighted by atomic mass is 9.71. The van der Waals surface area contributed by atoms with Gasteiger partial charge in [0.2, 0.25) is 0 Å². The molecule has 0 N–H and O–H groups in total. The van der Waals surface area contributed by atoms with Gasteiger partial charge in [-0.2, -0.15) is 0 Å². The fourth-order valence-electron chi connectivity index (χ4n) is 4.48. The smallest absolute Gasteiger partial charge is 0.338 e. The molecule has 164 valence electrons. The molecule has 0 aliphatic heterocycles. The van der Waals surface area contributed by atoms with Gasteiger partial charge in [-0.05, 0) is 78.3 Å². The van der Waals surface area contributed by atoms with Crippen molar-refractivity contribution in [1.82, 2.24) is 0 Å². The van der Waals surface area contributed by atoms with Gasteiger partial charge in [-0.1, -0.05) is 44.2 Å². The van der Waals surface area contributed by atoms with Gasteiger partial charge in [0.25, 0.3) is 0 Å². The fraction of sp³-hybridized carbons (Fsp3) is 0.286. The number of carbonyl (C=O) groups excluding carboxylic acids is 2. The summed E-state index contributed by atoms with van der Waals surface area (Å²) in [7, 11) is 0. The molecule has 0 amide bonds. The topological polar surface area (TPSA) is 56.5 Å². The summed E-state index contributed by atoms with van der Waals surface area (Å²) in [6.07, 6.45) is 4.83. The average Bonchev–Trinajstić information content (AvgIpc) is 3.29. The molecule has 1 aliphatic rings. The molecule has 1 unspecified atom stereocenters. The molecule has 4 nitrogen and oxygen atoms in total. The third-order valence-corrected chi connectivity index (χ3v) is 6.16. The molecule has 3 aromatic rings. The lowest BCUT2D eigenvalue weighted by Gasteiger charge is -2.32. The van der Waals surface area contributed by atoms with Crippen LogP contribution in [0.3, 0.4) is 0 Å². The number of ether oxygens (including phenoxy) is 1. The number of allylic oxidation sites excluding steroid dienone is 1. The van der Waals surface area contributed by atoms with E-state index in [0.29, 0.717) is 12.2 Å². The Morgan fingerprint density at radius 1 is 1.06 bits per heavy atom. The van der Waals surface area contributed by atoms with Gasteiger partial charge in [0.05, 0.1) is 24.4 Å². The van der Waals surface area contributed by atoms with Gasteiger partial charge in [0.1, 0.15) is 11.5 Å². The minimum atomic E-state index is -0.417. The van der Waals surface area contributed by atoms with Crippen LogP contribution >= 0.6 is 0 Å². The first-order chi connectivity index (χ1) is 15.3. The summed E-state index contributed by atoms with van der Waals surface area (Å²) in [5.41, 5.74) is 5.66. The summed E-state index contributed by atoms with van der Waals surface area (Å²) in [6.45, 7) is 8.18. The predicted molar refractivity (Wildman–Crippen MR) is 125 cm³/mol. The number of furan rings is 1. The molecule has 4 rings (SSSR count). The number of rotatable bonds is 6. The van der Waals surface area contributed by atoms with Gasteiger partial charge >= 0.3 is 5.97 Å². The Balaban J connectivity index is 1.77. The molecule has 0 saturated carbocycles. The molecule has 0 fully saturated rings. The monoisotopic (exact) mass is 428 g/mol. The summed E-state index contributed by atoms with van der Waals surface area (Å²) in [6, 6.07) is 17.3. The van der Waals surface area contributed by atoms with E-state index in [4.69, 9.17) is 9.15 Å². The van der Waals surface area contributed by atoms with Crippen LogP contribution in [0.15, 0.2) is 71.4 Å². The molecule has 1 atom stereocenters. The van der Waals surface area contributed by atoms with Crippen LogP contribution in [0, 0.1) is 0 Å². The van der Waals surface area contributed by atoms with Crippen molar-refractivity contribution in [1.29, 1.82) is 0 Å². The molecule has 4 heteroatoms. The zero-order valence-electron chi connectivity index (χ0n) is 19.0. The Hall–Kier alpha value is -3.40. The highest BCUT2D eigenvalue weighted by molar-refractivity contribution is 5.91. The first-order valence-corrected chi connectivity index (χ1v) is 11.0. The van der Waals surface area contributed by atoms with Crippen LogP contribution in [0.2, 0.25) is 0 Å². The SMILES string of the molecule is CCOC(=O)c1ccc(C(C(C)=O)c2ccc3c(c2)C(c2ccco2)=CCC3(C)C)cc1. The zero-order valence-corrected chi connectivity index (χ0v) is 19.0. The van der Waals surface area contributed by atoms with Crippen molar-refractivity contribution in [2.24, 2.45) is 0 Å². The van der Waals surface area contributed by atoms with Gasteiger partial charge in [-0.15, -0.1) is 0 Å². The summed E-state index contributed by atoms with van der Waals surface area (Å²) < 4.78 is 10.8. The van der Waals surface area contributed by atoms with E-state index in [0.717, 1.165) is 34.4 Å². The summed E-state index contributed by atoms with van der Waals surface area (Å²) >= 11 is 0. The van der Waals surface area contributed by atoms with E-state index in [-0.39, 0.29) is 17.2 Å². The van der Waals surface area contributed by atoms with E-state index < -0.39 is 5.92 Å². The van der Waals surface area contributed by atoms with Crippen LogP contribution in [0.1, 0.15) is 78.4 Å². The van der Waals surface area contributed by atoms with Gasteiger partial charge in [0.15, 0.2) is 0 Å². The Morgan fingerprint density at radius 2 is 1.78 bits per heavy atom. The Morgan fingerprint density at radius 3 is 2.41 bits per heavy atom. The van der Waals surface area contributed by atoms with Crippen molar-refractivity contribution < 1.29 is 18.7 Å². The highest BCUT2D eigenvalue weighted by Gasteiger charge is 2.31. The Bertz CT molecular complexity index is 1160. The largest absolute Gasteiger partial charge is 0.464 e. The molecular weight excluding hydrogens is 400 g/mol. The van der Waals surface area contributed by atoms with Crippen molar-refractivity contribution in [2.75, 3.05) is 6.61 Å². The molecule has 1 heterocycles. The number of benzene rings is 2. The molecule has 0 spiro atoms. The van der Waals surface area contributed by atoms with Crippen LogP contribution in [-0.4, -0.2) is 18.4 Å². The fourth-order valence-corrected chi connectivity index (χ4v) is 4.48. The van der Waals surface area contributed by atoms with E-state index in [1.165, 1.54) is 5.56 Å². The van der Waals surface area contributed by atoms with Crippen molar-refractivity contribution >= 4 is 17.3 Å². The minimum absolute atomic E-state index is 0.00301. The van der Waals surface area contributed by atoms with E-state index in [2.05, 4.69) is 38.1 Å². The molecule has 2 aromatic carbocycles. The van der Waals surface area contributed by atoms with Crippen molar-refractivity contribution in [3.05, 3.63) is 101 Å². The first-order valence-electron chi connectivity index (χ1n) is 11.0. The van der Waals surface area contributed by atoms with E-state index in [9.17, 15) is 9.59 Å².